The van der Waals surface area contributed by atoms with Crippen molar-refractivity contribution in [1.29, 1.82) is 0 Å². The molecule has 202 valence electrons. The highest BCUT2D eigenvalue weighted by atomic mass is 16.7. The van der Waals surface area contributed by atoms with E-state index in [0.717, 1.165) is 12.0 Å². The Morgan fingerprint density at radius 2 is 1.65 bits per heavy atom. The Balaban J connectivity index is 1.74. The van der Waals surface area contributed by atoms with Gasteiger partial charge in [0.25, 0.3) is 0 Å². The van der Waals surface area contributed by atoms with Crippen LogP contribution in [0.15, 0.2) is 46.6 Å². The topological polar surface area (TPSA) is 88.1 Å². The van der Waals surface area contributed by atoms with E-state index in [2.05, 4.69) is 26.8 Å². The lowest BCUT2D eigenvalue weighted by Gasteiger charge is -2.62. The Morgan fingerprint density at radius 3 is 2.22 bits per heavy atom. The Kier molecular flexibility index (Phi) is 7.08. The van der Waals surface area contributed by atoms with Crippen LogP contribution in [0.4, 0.5) is 0 Å². The van der Waals surface area contributed by atoms with Gasteiger partial charge in [-0.3, -0.25) is 0 Å². The summed E-state index contributed by atoms with van der Waals surface area (Å²) in [4.78, 5) is 38.0. The number of carbonyl (C=O) groups is 3. The van der Waals surface area contributed by atoms with Crippen LogP contribution < -0.4 is 0 Å². The van der Waals surface area contributed by atoms with Crippen LogP contribution in [-0.2, 0) is 33.3 Å². The molecule has 2 aliphatic carbocycles. The minimum absolute atomic E-state index is 0.0477. The van der Waals surface area contributed by atoms with Crippen LogP contribution in [0, 0.1) is 22.7 Å². The number of hydrogen-bond donors (Lipinski definition) is 0. The van der Waals surface area contributed by atoms with Gasteiger partial charge in [0.05, 0.1) is 6.61 Å². The molecule has 0 N–H and O–H groups in total. The lowest BCUT2D eigenvalue weighted by Crippen LogP contribution is -2.63. The van der Waals surface area contributed by atoms with Crippen molar-refractivity contribution >= 4 is 17.9 Å². The van der Waals surface area contributed by atoms with Crippen molar-refractivity contribution < 1.29 is 33.3 Å². The zero-order valence-electron chi connectivity index (χ0n) is 23.3. The monoisotopic (exact) mass is 512 g/mol. The second-order valence-corrected chi connectivity index (χ2v) is 11.9. The molecule has 4 aliphatic rings. The molecule has 0 aromatic rings. The number of hydrogen-bond acceptors (Lipinski definition) is 7. The highest BCUT2D eigenvalue weighted by Gasteiger charge is 2.64. The van der Waals surface area contributed by atoms with Gasteiger partial charge in [0.1, 0.15) is 12.2 Å². The fourth-order valence-electron chi connectivity index (χ4n) is 6.97. The van der Waals surface area contributed by atoms with Crippen molar-refractivity contribution in [1.82, 2.24) is 0 Å². The van der Waals surface area contributed by atoms with E-state index in [1.165, 1.54) is 11.6 Å². The van der Waals surface area contributed by atoms with Gasteiger partial charge in [0.2, 0.25) is 5.79 Å². The van der Waals surface area contributed by atoms with E-state index in [-0.39, 0.29) is 23.2 Å². The molecule has 0 bridgehead atoms. The van der Waals surface area contributed by atoms with E-state index in [1.807, 2.05) is 6.92 Å². The molecule has 0 amide bonds. The number of fused-ring (bicyclic) bond motifs is 3. The molecule has 37 heavy (non-hydrogen) atoms. The van der Waals surface area contributed by atoms with Crippen LogP contribution in [-0.4, -0.2) is 42.5 Å². The summed E-state index contributed by atoms with van der Waals surface area (Å²) in [5.74, 6) is -2.07. The lowest BCUT2D eigenvalue weighted by atomic mass is 9.46. The van der Waals surface area contributed by atoms with Gasteiger partial charge in [0, 0.05) is 34.6 Å². The molecule has 1 spiro atoms. The molecule has 2 fully saturated rings. The third-order valence-electron chi connectivity index (χ3n) is 9.41. The van der Waals surface area contributed by atoms with Crippen LogP contribution in [0.3, 0.4) is 0 Å². The maximum absolute atomic E-state index is 13.0. The van der Waals surface area contributed by atoms with Crippen molar-refractivity contribution in [3.63, 3.8) is 0 Å². The van der Waals surface area contributed by atoms with Crippen molar-refractivity contribution in [2.24, 2.45) is 22.7 Å². The summed E-state index contributed by atoms with van der Waals surface area (Å²) in [6, 6.07) is 0. The van der Waals surface area contributed by atoms with Gasteiger partial charge in [0.15, 0.2) is 0 Å². The van der Waals surface area contributed by atoms with E-state index >= 15 is 0 Å². The lowest BCUT2D eigenvalue weighted by molar-refractivity contribution is -0.241. The first-order valence-electron chi connectivity index (χ1n) is 13.2. The molecule has 1 saturated heterocycles. The van der Waals surface area contributed by atoms with Gasteiger partial charge in [-0.15, -0.1) is 0 Å². The summed E-state index contributed by atoms with van der Waals surface area (Å²) in [5.41, 5.74) is 2.17. The first-order valence-corrected chi connectivity index (χ1v) is 13.2. The predicted octanol–water partition coefficient (Wildman–Crippen LogP) is 5.36. The summed E-state index contributed by atoms with van der Waals surface area (Å²) in [6.45, 7) is 15.7. The molecule has 0 unspecified atom stereocenters. The molecule has 0 radical (unpaired) electrons. The number of allylic oxidation sites excluding steroid dienone is 3. The smallest absolute Gasteiger partial charge is 0.333 e. The van der Waals surface area contributed by atoms with Crippen LogP contribution in [0.1, 0.15) is 74.7 Å². The Bertz CT molecular complexity index is 1120. The largest absolute Gasteiger partial charge is 0.455 e. The normalized spacial score (nSPS) is 37.1. The molecule has 1 saturated carbocycles. The van der Waals surface area contributed by atoms with Crippen LogP contribution in [0.5, 0.6) is 0 Å². The maximum atomic E-state index is 13.0. The number of carbonyl (C=O) groups excluding carboxylic acids is 3. The molecule has 0 aromatic carbocycles. The van der Waals surface area contributed by atoms with E-state index in [4.69, 9.17) is 18.9 Å². The predicted molar refractivity (Wildman–Crippen MR) is 138 cm³/mol. The number of rotatable bonds is 4. The highest BCUT2D eigenvalue weighted by molar-refractivity contribution is 5.89. The molecule has 2 aliphatic heterocycles. The van der Waals surface area contributed by atoms with Gasteiger partial charge in [-0.25, -0.2) is 14.4 Å². The van der Waals surface area contributed by atoms with Crippen LogP contribution >= 0.6 is 0 Å². The third kappa shape index (κ3) is 4.49. The summed E-state index contributed by atoms with van der Waals surface area (Å²) < 4.78 is 24.1. The Morgan fingerprint density at radius 1 is 1.03 bits per heavy atom. The Labute approximate surface area is 219 Å². The van der Waals surface area contributed by atoms with Gasteiger partial charge >= 0.3 is 17.9 Å². The van der Waals surface area contributed by atoms with E-state index in [9.17, 15) is 14.4 Å². The van der Waals surface area contributed by atoms with Gasteiger partial charge in [-0.1, -0.05) is 39.0 Å². The highest BCUT2D eigenvalue weighted by Crippen LogP contribution is 2.64. The summed E-state index contributed by atoms with van der Waals surface area (Å²) in [7, 11) is 0. The van der Waals surface area contributed by atoms with Gasteiger partial charge in [-0.05, 0) is 70.3 Å². The zero-order valence-corrected chi connectivity index (χ0v) is 23.3. The van der Waals surface area contributed by atoms with Crippen molar-refractivity contribution in [3.8, 4) is 0 Å². The summed E-state index contributed by atoms with van der Waals surface area (Å²) in [5, 5.41) is 0. The summed E-state index contributed by atoms with van der Waals surface area (Å²) >= 11 is 0. The molecular formula is C30H40O7. The van der Waals surface area contributed by atoms with Gasteiger partial charge < -0.3 is 18.9 Å². The second-order valence-electron chi connectivity index (χ2n) is 11.9. The third-order valence-corrected chi connectivity index (χ3v) is 9.41. The van der Waals surface area contributed by atoms with Gasteiger partial charge in [-0.2, -0.15) is 0 Å². The molecule has 7 nitrogen and oxygen atoms in total. The minimum Gasteiger partial charge on any atom is -0.455 e. The molecule has 6 atom stereocenters. The Hall–Kier alpha value is -2.67. The fourth-order valence-corrected chi connectivity index (χ4v) is 6.97. The molecule has 2 heterocycles. The SMILES string of the molecule is C/C=C(/C)C(=O)O[C@@H]1[C@H](OC(=O)/C(C)=C\C)C[C@]2(C)[C@H]3C[C@@]4(OCC3=CC[C@H]2C1(C)C)OC(=O)C=C4C. The van der Waals surface area contributed by atoms with Crippen molar-refractivity contribution in [2.75, 3.05) is 6.61 Å². The molecule has 7 heteroatoms. The van der Waals surface area contributed by atoms with Crippen LogP contribution in [0.2, 0.25) is 0 Å². The van der Waals surface area contributed by atoms with Crippen LogP contribution in [0.25, 0.3) is 0 Å². The molecule has 0 aromatic heterocycles. The average Bonchev–Trinajstić information content (AvgIpc) is 3.12. The quantitative estimate of drug-likeness (QED) is 0.217. The molecule has 4 rings (SSSR count). The first kappa shape index (κ1) is 27.4. The summed E-state index contributed by atoms with van der Waals surface area (Å²) in [6.07, 6.45) is 7.77. The second kappa shape index (κ2) is 9.57. The first-order chi connectivity index (χ1) is 17.3. The van der Waals surface area contributed by atoms with E-state index in [0.29, 0.717) is 30.6 Å². The molecular weight excluding hydrogens is 472 g/mol. The van der Waals surface area contributed by atoms with E-state index < -0.39 is 35.3 Å². The number of esters is 3. The number of ether oxygens (including phenoxy) is 4. The minimum atomic E-state index is -1.06. The zero-order chi connectivity index (χ0) is 27.3. The van der Waals surface area contributed by atoms with E-state index in [1.54, 1.807) is 39.8 Å². The van der Waals surface area contributed by atoms with Crippen molar-refractivity contribution in [2.45, 2.75) is 92.6 Å². The van der Waals surface area contributed by atoms with Crippen molar-refractivity contribution in [3.05, 3.63) is 46.6 Å². The fraction of sp³-hybridized carbons (Fsp3) is 0.633. The maximum Gasteiger partial charge on any atom is 0.333 e. The standard InChI is InChI=1S/C30H40O7/c1-9-17(3)26(32)35-22-15-29(8)21-14-30(19(5)13-24(31)37-30)34-16-20(21)11-12-23(29)28(6,7)25(22)36-27(33)18(4)10-2/h9-11,13,21-23,25H,12,14-16H2,1-8H3/b17-9-,18-10-/t21-,22+,23-,25+,29+,30+/m0/s1. The average molecular weight is 513 g/mol.